The minimum atomic E-state index is -0.931. The summed E-state index contributed by atoms with van der Waals surface area (Å²) < 4.78 is 16.7. The number of carbonyl (C=O) groups excluding carboxylic acids is 2. The van der Waals surface area contributed by atoms with Crippen LogP contribution in [0.4, 0.5) is 5.69 Å². The minimum Gasteiger partial charge on any atom is -0.492 e. The fourth-order valence-corrected chi connectivity index (χ4v) is 3.45. The lowest BCUT2D eigenvalue weighted by Gasteiger charge is -2.34. The van der Waals surface area contributed by atoms with Crippen LogP contribution in [0, 0.1) is 17.8 Å². The largest absolute Gasteiger partial charge is 0.492 e. The van der Waals surface area contributed by atoms with Crippen LogP contribution in [-0.2, 0) is 14.3 Å². The molecule has 0 heterocycles. The first kappa shape index (κ1) is 26.0. The van der Waals surface area contributed by atoms with Gasteiger partial charge >= 0.3 is 5.97 Å². The van der Waals surface area contributed by atoms with Gasteiger partial charge in [0.15, 0.2) is 0 Å². The molecule has 0 unspecified atom stereocenters. The third-order valence-electron chi connectivity index (χ3n) is 4.59. The predicted octanol–water partition coefficient (Wildman–Crippen LogP) is 5.31. The Labute approximate surface area is 181 Å². The van der Waals surface area contributed by atoms with Gasteiger partial charge in [0.25, 0.3) is 5.91 Å². The van der Waals surface area contributed by atoms with Crippen LogP contribution in [0.5, 0.6) is 5.75 Å². The molecule has 30 heavy (non-hydrogen) atoms. The van der Waals surface area contributed by atoms with Gasteiger partial charge in [-0.3, -0.25) is 4.79 Å². The van der Waals surface area contributed by atoms with E-state index in [1.807, 2.05) is 13.8 Å². The number of rotatable bonds is 12. The van der Waals surface area contributed by atoms with E-state index in [9.17, 15) is 9.59 Å². The van der Waals surface area contributed by atoms with E-state index in [1.54, 1.807) is 32.2 Å². The molecule has 0 aliphatic rings. The lowest BCUT2D eigenvalue weighted by Crippen LogP contribution is -2.47. The normalized spacial score (nSPS) is 11.8. The summed E-state index contributed by atoms with van der Waals surface area (Å²) in [7, 11) is 1.58. The molecule has 0 aliphatic carbocycles. The van der Waals surface area contributed by atoms with Gasteiger partial charge in [0, 0.05) is 12.8 Å². The Balaban J connectivity index is 3.21. The van der Waals surface area contributed by atoms with E-state index in [0.717, 1.165) is 0 Å². The van der Waals surface area contributed by atoms with Crippen LogP contribution in [0.2, 0.25) is 0 Å². The minimum absolute atomic E-state index is 0.210. The van der Waals surface area contributed by atoms with Gasteiger partial charge in [0.05, 0.1) is 13.2 Å². The number of benzene rings is 1. The maximum absolute atomic E-state index is 13.3. The first-order valence-corrected chi connectivity index (χ1v) is 10.8. The van der Waals surface area contributed by atoms with Gasteiger partial charge in [-0.2, -0.15) is 0 Å². The summed E-state index contributed by atoms with van der Waals surface area (Å²) in [4.78, 5) is 25.7. The molecule has 0 aromatic heterocycles. The van der Waals surface area contributed by atoms with Gasteiger partial charge < -0.3 is 19.5 Å². The zero-order valence-corrected chi connectivity index (χ0v) is 19.8. The van der Waals surface area contributed by atoms with Crippen molar-refractivity contribution in [1.29, 1.82) is 0 Å². The zero-order chi connectivity index (χ0) is 22.9. The third-order valence-corrected chi connectivity index (χ3v) is 4.59. The first-order chi connectivity index (χ1) is 14.0. The van der Waals surface area contributed by atoms with Crippen molar-refractivity contribution in [2.24, 2.45) is 17.8 Å². The summed E-state index contributed by atoms with van der Waals surface area (Å²) in [6.45, 7) is 14.8. The summed E-state index contributed by atoms with van der Waals surface area (Å²) in [6, 6.07) is 5.04. The lowest BCUT2D eigenvalue weighted by molar-refractivity contribution is -0.142. The van der Waals surface area contributed by atoms with Crippen molar-refractivity contribution in [3.8, 4) is 5.75 Å². The molecule has 0 radical (unpaired) electrons. The highest BCUT2D eigenvalue weighted by Gasteiger charge is 2.39. The monoisotopic (exact) mass is 421 g/mol. The number of hydrogen-bond acceptors (Lipinski definition) is 5. The van der Waals surface area contributed by atoms with Crippen LogP contribution in [0.15, 0.2) is 18.2 Å². The van der Waals surface area contributed by atoms with E-state index in [1.165, 1.54) is 0 Å². The van der Waals surface area contributed by atoms with Crippen molar-refractivity contribution in [1.82, 2.24) is 0 Å². The van der Waals surface area contributed by atoms with Crippen LogP contribution in [-0.4, -0.2) is 37.8 Å². The molecular weight excluding hydrogens is 382 g/mol. The highest BCUT2D eigenvalue weighted by Crippen LogP contribution is 2.31. The molecule has 1 aromatic rings. The molecule has 0 saturated heterocycles. The van der Waals surface area contributed by atoms with Gasteiger partial charge in [0.1, 0.15) is 16.9 Å². The molecule has 0 aliphatic heterocycles. The molecule has 1 amide bonds. The standard InChI is InChI=1S/C24H39NO5/c1-9-29-22(26)20-12-19(10-11-21(20)30-15-18(6)7)25-23(27)24(28-8,13-16(2)3)14-17(4)5/h10-12,16-18H,9,13-15H2,1-8H3,(H,25,27). The van der Waals surface area contributed by atoms with Crippen LogP contribution >= 0.6 is 0 Å². The molecule has 1 rings (SSSR count). The Morgan fingerprint density at radius 1 is 1.00 bits per heavy atom. The Bertz CT molecular complexity index is 687. The van der Waals surface area contributed by atoms with Gasteiger partial charge in [-0.15, -0.1) is 0 Å². The van der Waals surface area contributed by atoms with Crippen molar-refractivity contribution in [2.75, 3.05) is 25.6 Å². The maximum Gasteiger partial charge on any atom is 0.341 e. The summed E-state index contributed by atoms with van der Waals surface area (Å²) in [5.74, 6) is 0.650. The number of esters is 1. The van der Waals surface area contributed by atoms with Crippen LogP contribution in [0.25, 0.3) is 0 Å². The molecule has 6 heteroatoms. The van der Waals surface area contributed by atoms with Gasteiger partial charge in [0.2, 0.25) is 0 Å². The fourth-order valence-electron chi connectivity index (χ4n) is 3.45. The topological polar surface area (TPSA) is 73.9 Å². The highest BCUT2D eigenvalue weighted by molar-refractivity contribution is 5.99. The second kappa shape index (κ2) is 11.9. The van der Waals surface area contributed by atoms with Crippen LogP contribution in [0.3, 0.4) is 0 Å². The van der Waals surface area contributed by atoms with Crippen LogP contribution in [0.1, 0.15) is 71.7 Å². The van der Waals surface area contributed by atoms with E-state index in [2.05, 4.69) is 33.0 Å². The number of methoxy groups -OCH3 is 1. The van der Waals surface area contributed by atoms with Crippen molar-refractivity contribution in [3.05, 3.63) is 23.8 Å². The summed E-state index contributed by atoms with van der Waals surface area (Å²) in [5.41, 5.74) is -0.126. The fraction of sp³-hybridized carbons (Fsp3) is 0.667. The molecule has 0 spiro atoms. The average Bonchev–Trinajstić information content (AvgIpc) is 2.65. The summed E-state index contributed by atoms with van der Waals surface area (Å²) >= 11 is 0. The first-order valence-electron chi connectivity index (χ1n) is 10.8. The molecule has 0 fully saturated rings. The SMILES string of the molecule is CCOC(=O)c1cc(NC(=O)C(CC(C)C)(CC(C)C)OC)ccc1OCC(C)C. The molecular formula is C24H39NO5. The molecule has 0 bridgehead atoms. The molecule has 170 valence electrons. The van der Waals surface area contributed by atoms with Gasteiger partial charge in [-0.25, -0.2) is 4.79 Å². The van der Waals surface area contributed by atoms with E-state index in [4.69, 9.17) is 14.2 Å². The molecule has 0 atom stereocenters. The van der Waals surface area contributed by atoms with Gasteiger partial charge in [-0.05, 0) is 55.7 Å². The summed E-state index contributed by atoms with van der Waals surface area (Å²) in [5, 5.41) is 2.95. The van der Waals surface area contributed by atoms with Gasteiger partial charge in [-0.1, -0.05) is 41.5 Å². The molecule has 6 nitrogen and oxygen atoms in total. The van der Waals surface area contributed by atoms with E-state index < -0.39 is 11.6 Å². The average molecular weight is 422 g/mol. The molecule has 0 saturated carbocycles. The number of anilines is 1. The lowest BCUT2D eigenvalue weighted by atomic mass is 9.84. The Morgan fingerprint density at radius 3 is 2.07 bits per heavy atom. The number of hydrogen-bond donors (Lipinski definition) is 1. The molecule has 1 aromatic carbocycles. The van der Waals surface area contributed by atoms with Crippen molar-refractivity contribution < 1.29 is 23.8 Å². The Hall–Kier alpha value is -2.08. The number of amides is 1. The third kappa shape index (κ3) is 7.63. The number of ether oxygens (including phenoxy) is 3. The maximum atomic E-state index is 13.3. The second-order valence-corrected chi connectivity index (χ2v) is 8.98. The van der Waals surface area contributed by atoms with Crippen molar-refractivity contribution in [2.45, 2.75) is 66.9 Å². The summed E-state index contributed by atoms with van der Waals surface area (Å²) in [6.07, 6.45) is 1.21. The molecule has 1 N–H and O–H groups in total. The second-order valence-electron chi connectivity index (χ2n) is 8.98. The number of carbonyl (C=O) groups is 2. The van der Waals surface area contributed by atoms with Crippen molar-refractivity contribution in [3.63, 3.8) is 0 Å². The van der Waals surface area contributed by atoms with E-state index in [0.29, 0.717) is 42.4 Å². The smallest absolute Gasteiger partial charge is 0.341 e. The Morgan fingerprint density at radius 2 is 1.60 bits per heavy atom. The highest BCUT2D eigenvalue weighted by atomic mass is 16.5. The predicted molar refractivity (Wildman–Crippen MR) is 120 cm³/mol. The Kier molecular flexibility index (Phi) is 10.3. The zero-order valence-electron chi connectivity index (χ0n) is 19.8. The van der Waals surface area contributed by atoms with Crippen molar-refractivity contribution >= 4 is 17.6 Å². The quantitative estimate of drug-likeness (QED) is 0.463. The number of nitrogens with one attached hydrogen (secondary N) is 1. The van der Waals surface area contributed by atoms with E-state index in [-0.39, 0.29) is 24.3 Å². The van der Waals surface area contributed by atoms with Crippen LogP contribution < -0.4 is 10.1 Å². The van der Waals surface area contributed by atoms with E-state index >= 15 is 0 Å².